The van der Waals surface area contributed by atoms with E-state index in [0.717, 1.165) is 18.7 Å². The number of rotatable bonds is 9. The Balaban J connectivity index is 1.57. The molecule has 0 bridgehead atoms. The number of nitrogens with zero attached hydrogens (tertiary/aromatic N) is 4. The minimum Gasteiger partial charge on any atom is -0.494 e. The largest absolute Gasteiger partial charge is 0.494 e. The second kappa shape index (κ2) is 11.1. The first-order valence-electron chi connectivity index (χ1n) is 12.7. The lowest BCUT2D eigenvalue weighted by molar-refractivity contribution is -0.384. The molecule has 0 saturated carbocycles. The van der Waals surface area contributed by atoms with Crippen LogP contribution in [0.5, 0.6) is 17.4 Å². The number of nitro benzene ring substituents is 1. The van der Waals surface area contributed by atoms with Crippen LogP contribution in [0.15, 0.2) is 65.7 Å². The minimum absolute atomic E-state index is 0.0473. The molecule has 11 nitrogen and oxygen atoms in total. The number of fused-ring (bicyclic) bond motifs is 2. The highest BCUT2D eigenvalue weighted by Gasteiger charge is 2.23. The molecule has 2 heterocycles. The van der Waals surface area contributed by atoms with Crippen molar-refractivity contribution in [1.29, 1.82) is 0 Å². The first-order valence-corrected chi connectivity index (χ1v) is 12.7. The highest BCUT2D eigenvalue weighted by atomic mass is 16.7. The summed E-state index contributed by atoms with van der Waals surface area (Å²) in [6, 6.07) is 17.0. The van der Waals surface area contributed by atoms with Gasteiger partial charge in [0.25, 0.3) is 5.69 Å². The number of anilines is 1. The normalized spacial score (nSPS) is 12.8. The monoisotopic (exact) mass is 543 g/mol. The van der Waals surface area contributed by atoms with Gasteiger partial charge in [-0.1, -0.05) is 0 Å². The summed E-state index contributed by atoms with van der Waals surface area (Å²) >= 11 is 0. The number of nitro groups is 1. The number of carbonyl (C=O) groups is 1. The van der Waals surface area contributed by atoms with E-state index >= 15 is 0 Å². The Kier molecular flexibility index (Phi) is 7.39. The van der Waals surface area contributed by atoms with Gasteiger partial charge in [0.2, 0.25) is 12.7 Å². The predicted octanol–water partition coefficient (Wildman–Crippen LogP) is 4.98. The highest BCUT2D eigenvalue weighted by Crippen LogP contribution is 2.37. The molecule has 2 N–H and O–H groups in total. The summed E-state index contributed by atoms with van der Waals surface area (Å²) < 4.78 is 11.0. The summed E-state index contributed by atoms with van der Waals surface area (Å²) in [6.07, 6.45) is 0.832. The van der Waals surface area contributed by atoms with Crippen LogP contribution in [0.3, 0.4) is 0 Å². The number of carbonyl (C=O) groups excluding carboxylic acids is 1. The molecule has 1 aliphatic heterocycles. The van der Waals surface area contributed by atoms with Crippen LogP contribution in [0, 0.1) is 10.1 Å². The summed E-state index contributed by atoms with van der Waals surface area (Å²) in [7, 11) is 3.99. The predicted molar refractivity (Wildman–Crippen MR) is 152 cm³/mol. The van der Waals surface area contributed by atoms with Crippen molar-refractivity contribution in [1.82, 2.24) is 9.88 Å². The summed E-state index contributed by atoms with van der Waals surface area (Å²) in [5.41, 5.74) is 3.12. The van der Waals surface area contributed by atoms with Crippen LogP contribution in [0.25, 0.3) is 10.9 Å². The summed E-state index contributed by atoms with van der Waals surface area (Å²) in [4.78, 5) is 34.7. The van der Waals surface area contributed by atoms with Gasteiger partial charge in [-0.15, -0.1) is 0 Å². The fourth-order valence-corrected chi connectivity index (χ4v) is 4.68. The van der Waals surface area contributed by atoms with Crippen molar-refractivity contribution in [3.63, 3.8) is 0 Å². The van der Waals surface area contributed by atoms with E-state index in [1.54, 1.807) is 42.2 Å². The third-order valence-electron chi connectivity index (χ3n) is 6.63. The van der Waals surface area contributed by atoms with Gasteiger partial charge in [-0.2, -0.15) is 0 Å². The van der Waals surface area contributed by atoms with E-state index in [2.05, 4.69) is 9.88 Å². The minimum atomic E-state index is -0.490. The molecule has 5 rings (SSSR count). The Bertz CT molecular complexity index is 1610. The van der Waals surface area contributed by atoms with Gasteiger partial charge in [-0.05, 0) is 75.6 Å². The highest BCUT2D eigenvalue weighted by molar-refractivity contribution is 6.22. The molecule has 0 fully saturated rings. The van der Waals surface area contributed by atoms with E-state index in [1.807, 2.05) is 32.3 Å². The average molecular weight is 544 g/mol. The molecule has 3 aromatic carbocycles. The number of amides is 1. The molecule has 11 heteroatoms. The average Bonchev–Trinajstić information content (AvgIpc) is 3.52. The molecule has 40 heavy (non-hydrogen) atoms. The fourth-order valence-electron chi connectivity index (χ4n) is 4.68. The quantitative estimate of drug-likeness (QED) is 0.173. The molecule has 0 radical (unpaired) electrons. The van der Waals surface area contributed by atoms with Crippen molar-refractivity contribution in [3.8, 4) is 17.4 Å². The van der Waals surface area contributed by atoms with E-state index in [4.69, 9.17) is 14.5 Å². The number of hydrogen-bond donors (Lipinski definition) is 2. The van der Waals surface area contributed by atoms with Crippen LogP contribution in [0.2, 0.25) is 0 Å². The number of non-ortho nitro benzene ring substituents is 1. The van der Waals surface area contributed by atoms with E-state index in [9.17, 15) is 20.0 Å². The lowest BCUT2D eigenvalue weighted by atomic mass is 10.00. The zero-order valence-corrected chi connectivity index (χ0v) is 22.4. The second-order valence-corrected chi connectivity index (χ2v) is 9.71. The molecular formula is C29H29N5O6. The first kappa shape index (κ1) is 26.7. The van der Waals surface area contributed by atoms with Crippen molar-refractivity contribution < 1.29 is 24.3 Å². The maximum absolute atomic E-state index is 12.3. The van der Waals surface area contributed by atoms with Crippen molar-refractivity contribution in [2.75, 3.05) is 38.9 Å². The van der Waals surface area contributed by atoms with Crippen LogP contribution >= 0.6 is 0 Å². The number of aromatic nitrogens is 1. The molecule has 0 aliphatic carbocycles. The number of aromatic hydroxyl groups is 1. The zero-order valence-electron chi connectivity index (χ0n) is 22.4. The van der Waals surface area contributed by atoms with E-state index in [-0.39, 0.29) is 24.3 Å². The van der Waals surface area contributed by atoms with Gasteiger partial charge in [0.1, 0.15) is 0 Å². The van der Waals surface area contributed by atoms with Gasteiger partial charge in [-0.3, -0.25) is 14.9 Å². The number of ether oxygens (including phenoxy) is 2. The van der Waals surface area contributed by atoms with Crippen LogP contribution in [0.1, 0.15) is 24.5 Å². The summed E-state index contributed by atoms with van der Waals surface area (Å²) in [5, 5.41) is 22.8. The standard InChI is InChI=1S/C29H29N5O6/c1-18(35)33(14-4-13-32(2)3)21-8-6-20(7-9-21)30-28(19-5-12-25-26(15-19)40-17-39-25)27-23-11-10-22(34(37)38)16-24(23)31-29(27)36/h5-12,15-16,31,36H,4,13-14,17H2,1-3H3. The molecule has 1 amide bonds. The van der Waals surface area contributed by atoms with E-state index < -0.39 is 4.92 Å². The zero-order chi connectivity index (χ0) is 28.4. The molecular weight excluding hydrogens is 514 g/mol. The Hall–Kier alpha value is -4.90. The third kappa shape index (κ3) is 5.45. The fraction of sp³-hybridized carbons (Fsp3) is 0.241. The van der Waals surface area contributed by atoms with Crippen molar-refractivity contribution >= 4 is 39.6 Å². The summed E-state index contributed by atoms with van der Waals surface area (Å²) in [6.45, 7) is 3.11. The Morgan fingerprint density at radius 2 is 1.80 bits per heavy atom. The molecule has 1 aromatic heterocycles. The molecule has 0 saturated heterocycles. The Labute approximate surface area is 230 Å². The van der Waals surface area contributed by atoms with Crippen molar-refractivity contribution in [2.45, 2.75) is 13.3 Å². The summed E-state index contributed by atoms with van der Waals surface area (Å²) in [5.74, 6) is 0.927. The van der Waals surface area contributed by atoms with Gasteiger partial charge in [0.15, 0.2) is 17.4 Å². The van der Waals surface area contributed by atoms with Gasteiger partial charge in [-0.25, -0.2) is 4.99 Å². The lowest BCUT2D eigenvalue weighted by Gasteiger charge is -2.22. The van der Waals surface area contributed by atoms with Crippen molar-refractivity contribution in [3.05, 3.63) is 81.9 Å². The van der Waals surface area contributed by atoms with Crippen LogP contribution in [-0.4, -0.2) is 65.5 Å². The number of aliphatic imine (C=N–C) groups is 1. The lowest BCUT2D eigenvalue weighted by Crippen LogP contribution is -2.31. The van der Waals surface area contributed by atoms with Crippen molar-refractivity contribution in [2.24, 2.45) is 4.99 Å². The van der Waals surface area contributed by atoms with Gasteiger partial charge >= 0.3 is 0 Å². The van der Waals surface area contributed by atoms with Gasteiger partial charge in [0.05, 0.1) is 27.4 Å². The Morgan fingerprint density at radius 1 is 1.05 bits per heavy atom. The number of nitrogens with one attached hydrogen (secondary N) is 1. The smallest absolute Gasteiger partial charge is 0.271 e. The number of benzene rings is 3. The van der Waals surface area contributed by atoms with Gasteiger partial charge < -0.3 is 29.4 Å². The first-order chi connectivity index (χ1) is 19.2. The van der Waals surface area contributed by atoms with Gasteiger partial charge in [0, 0.05) is 42.2 Å². The van der Waals surface area contributed by atoms with Crippen LogP contribution in [-0.2, 0) is 4.79 Å². The Morgan fingerprint density at radius 3 is 2.50 bits per heavy atom. The maximum Gasteiger partial charge on any atom is 0.271 e. The third-order valence-corrected chi connectivity index (χ3v) is 6.63. The second-order valence-electron chi connectivity index (χ2n) is 9.71. The number of H-pyrrole nitrogens is 1. The molecule has 0 atom stereocenters. The van der Waals surface area contributed by atoms with E-state index in [0.29, 0.717) is 51.5 Å². The topological polar surface area (TPSA) is 134 Å². The number of hydrogen-bond acceptors (Lipinski definition) is 8. The molecule has 0 spiro atoms. The SMILES string of the molecule is CC(=O)N(CCCN(C)C)c1ccc(N=C(c2ccc3c(c2)OCO3)c2c(O)[nH]c3cc([N+](=O)[O-])ccc23)cc1. The van der Waals surface area contributed by atoms with Crippen LogP contribution in [0.4, 0.5) is 17.1 Å². The van der Waals surface area contributed by atoms with E-state index in [1.165, 1.54) is 12.1 Å². The maximum atomic E-state index is 12.3. The molecule has 0 unspecified atom stereocenters. The molecule has 206 valence electrons. The molecule has 4 aromatic rings. The van der Waals surface area contributed by atoms with Crippen LogP contribution < -0.4 is 14.4 Å². The number of aromatic amines is 1. The molecule has 1 aliphatic rings.